The maximum Gasteiger partial charge on any atom is 0.273 e. The summed E-state index contributed by atoms with van der Waals surface area (Å²) < 4.78 is 28.9. The predicted molar refractivity (Wildman–Crippen MR) is 152 cm³/mol. The Balaban J connectivity index is 1.49. The van der Waals surface area contributed by atoms with Crippen molar-refractivity contribution in [2.75, 3.05) is 4.31 Å². The summed E-state index contributed by atoms with van der Waals surface area (Å²) in [6.07, 6.45) is 1.59. The molecular weight excluding hydrogens is 494 g/mol. The summed E-state index contributed by atoms with van der Waals surface area (Å²) in [5.74, 6) is -0.515. The molecule has 0 heterocycles. The van der Waals surface area contributed by atoms with E-state index in [2.05, 4.69) is 10.5 Å². The van der Waals surface area contributed by atoms with Crippen molar-refractivity contribution in [3.63, 3.8) is 0 Å². The standard InChI is InChI=1S/C31H25N3O3S/c35-31(33-32-22-26-16-11-15-25-14-7-8-19-28(25)26)29-20-9-10-21-30(29)34(23-24-12-3-1-4-13-24)38(36,37)27-17-5-2-6-18-27/h1-22H,23H2,(H,33,35)/b32-22-. The van der Waals surface area contributed by atoms with E-state index in [-0.39, 0.29) is 22.7 Å². The number of nitrogens with zero attached hydrogens (tertiary/aromatic N) is 2. The number of sulfonamides is 1. The number of para-hydroxylation sites is 1. The smallest absolute Gasteiger partial charge is 0.267 e. The van der Waals surface area contributed by atoms with Gasteiger partial charge in [-0.3, -0.25) is 9.10 Å². The van der Waals surface area contributed by atoms with Crippen molar-refractivity contribution in [1.82, 2.24) is 5.43 Å². The van der Waals surface area contributed by atoms with Crippen LogP contribution in [0.3, 0.4) is 0 Å². The quantitative estimate of drug-likeness (QED) is 0.202. The van der Waals surface area contributed by atoms with Crippen molar-refractivity contribution in [1.29, 1.82) is 0 Å². The maximum absolute atomic E-state index is 13.8. The highest BCUT2D eigenvalue weighted by molar-refractivity contribution is 7.92. The normalized spacial score (nSPS) is 11.5. The molecule has 0 unspecified atom stereocenters. The molecule has 1 amide bonds. The third-order valence-corrected chi connectivity index (χ3v) is 7.88. The molecule has 0 aliphatic rings. The number of hydrogen-bond donors (Lipinski definition) is 1. The van der Waals surface area contributed by atoms with E-state index in [4.69, 9.17) is 0 Å². The number of anilines is 1. The maximum atomic E-state index is 13.8. The SMILES string of the molecule is O=C(N/N=C\c1cccc2ccccc12)c1ccccc1N(Cc1ccccc1)S(=O)(=O)c1ccccc1. The van der Waals surface area contributed by atoms with E-state index in [0.29, 0.717) is 0 Å². The van der Waals surface area contributed by atoms with Crippen molar-refractivity contribution >= 4 is 38.6 Å². The first kappa shape index (κ1) is 24.9. The van der Waals surface area contributed by atoms with Crippen LogP contribution in [-0.2, 0) is 16.6 Å². The summed E-state index contributed by atoms with van der Waals surface area (Å²) in [4.78, 5) is 13.4. The number of hydrogen-bond acceptors (Lipinski definition) is 4. The van der Waals surface area contributed by atoms with Crippen LogP contribution in [0.4, 0.5) is 5.69 Å². The van der Waals surface area contributed by atoms with Crippen LogP contribution < -0.4 is 9.73 Å². The van der Waals surface area contributed by atoms with Gasteiger partial charge in [-0.1, -0.05) is 103 Å². The molecule has 1 N–H and O–H groups in total. The summed E-state index contributed by atoms with van der Waals surface area (Å²) in [6, 6.07) is 37.9. The lowest BCUT2D eigenvalue weighted by atomic mass is 10.1. The predicted octanol–water partition coefficient (Wildman–Crippen LogP) is 6.00. The number of carbonyl (C=O) groups is 1. The summed E-state index contributed by atoms with van der Waals surface area (Å²) in [5, 5.41) is 6.26. The van der Waals surface area contributed by atoms with Crippen LogP contribution in [0.25, 0.3) is 10.8 Å². The Labute approximate surface area is 221 Å². The molecule has 6 nitrogen and oxygen atoms in total. The molecule has 0 spiro atoms. The third kappa shape index (κ3) is 5.33. The Hall–Kier alpha value is -4.75. The molecule has 5 rings (SSSR count). The molecule has 7 heteroatoms. The first-order valence-electron chi connectivity index (χ1n) is 12.1. The van der Waals surface area contributed by atoms with Gasteiger partial charge in [0, 0.05) is 5.56 Å². The second-order valence-corrected chi connectivity index (χ2v) is 10.5. The van der Waals surface area contributed by atoms with E-state index in [0.717, 1.165) is 21.9 Å². The molecule has 5 aromatic carbocycles. The summed E-state index contributed by atoms with van der Waals surface area (Å²) in [7, 11) is -3.98. The van der Waals surface area contributed by atoms with Gasteiger partial charge in [0.15, 0.2) is 0 Å². The molecule has 0 aromatic heterocycles. The van der Waals surface area contributed by atoms with E-state index in [1.54, 1.807) is 60.8 Å². The molecule has 0 fully saturated rings. The number of amides is 1. The Bertz CT molecular complexity index is 1700. The summed E-state index contributed by atoms with van der Waals surface area (Å²) >= 11 is 0. The van der Waals surface area contributed by atoms with Gasteiger partial charge in [-0.25, -0.2) is 13.8 Å². The van der Waals surface area contributed by atoms with Crippen LogP contribution in [0.5, 0.6) is 0 Å². The van der Waals surface area contributed by atoms with Gasteiger partial charge in [0.1, 0.15) is 0 Å². The van der Waals surface area contributed by atoms with Gasteiger partial charge in [0.25, 0.3) is 15.9 Å². The summed E-state index contributed by atoms with van der Waals surface area (Å²) in [5.41, 5.74) is 4.67. The average Bonchev–Trinajstić information content (AvgIpc) is 2.97. The zero-order chi connectivity index (χ0) is 26.4. The van der Waals surface area contributed by atoms with Gasteiger partial charge in [0.2, 0.25) is 0 Å². The van der Waals surface area contributed by atoms with E-state index in [9.17, 15) is 13.2 Å². The number of carbonyl (C=O) groups excluding carboxylic acids is 1. The van der Waals surface area contributed by atoms with Crippen LogP contribution >= 0.6 is 0 Å². The van der Waals surface area contributed by atoms with Crippen molar-refractivity contribution in [2.45, 2.75) is 11.4 Å². The van der Waals surface area contributed by atoms with Gasteiger partial charge in [0.05, 0.1) is 28.9 Å². The molecule has 0 aliphatic carbocycles. The van der Waals surface area contributed by atoms with E-state index in [1.165, 1.54) is 4.31 Å². The number of rotatable bonds is 8. The fraction of sp³-hybridized carbons (Fsp3) is 0.0323. The van der Waals surface area contributed by atoms with Gasteiger partial charge in [-0.05, 0) is 40.6 Å². The lowest BCUT2D eigenvalue weighted by Crippen LogP contribution is -2.33. The molecule has 5 aromatic rings. The van der Waals surface area contributed by atoms with Crippen molar-refractivity contribution in [2.24, 2.45) is 5.10 Å². The molecule has 38 heavy (non-hydrogen) atoms. The van der Waals surface area contributed by atoms with E-state index < -0.39 is 15.9 Å². The first-order valence-corrected chi connectivity index (χ1v) is 13.5. The van der Waals surface area contributed by atoms with Crippen molar-refractivity contribution in [3.05, 3.63) is 144 Å². The molecule has 0 saturated heterocycles. The molecule has 188 valence electrons. The van der Waals surface area contributed by atoms with Gasteiger partial charge in [-0.15, -0.1) is 0 Å². The second kappa shape index (κ2) is 11.1. The highest BCUT2D eigenvalue weighted by Crippen LogP contribution is 2.29. The first-order chi connectivity index (χ1) is 18.5. The lowest BCUT2D eigenvalue weighted by Gasteiger charge is -2.26. The van der Waals surface area contributed by atoms with Crippen molar-refractivity contribution < 1.29 is 13.2 Å². The summed E-state index contributed by atoms with van der Waals surface area (Å²) in [6.45, 7) is 0.0572. The van der Waals surface area contributed by atoms with Crippen LogP contribution in [0.1, 0.15) is 21.5 Å². The van der Waals surface area contributed by atoms with Gasteiger partial charge >= 0.3 is 0 Å². The second-order valence-electron chi connectivity index (χ2n) is 8.59. The minimum Gasteiger partial charge on any atom is -0.267 e. The Morgan fingerprint density at radius 2 is 1.37 bits per heavy atom. The Kier molecular flexibility index (Phi) is 7.28. The molecule has 0 bridgehead atoms. The molecule has 0 aliphatic heterocycles. The molecular formula is C31H25N3O3S. The number of benzene rings is 5. The third-order valence-electron chi connectivity index (χ3n) is 6.11. The highest BCUT2D eigenvalue weighted by atomic mass is 32.2. The molecule has 0 radical (unpaired) electrons. The fourth-order valence-corrected chi connectivity index (χ4v) is 5.73. The number of hydrazone groups is 1. The largest absolute Gasteiger partial charge is 0.273 e. The van der Waals surface area contributed by atoms with Crippen LogP contribution in [0.15, 0.2) is 137 Å². The number of fused-ring (bicyclic) bond motifs is 1. The van der Waals surface area contributed by atoms with Crippen LogP contribution in [-0.4, -0.2) is 20.5 Å². The Morgan fingerprint density at radius 3 is 2.16 bits per heavy atom. The van der Waals surface area contributed by atoms with E-state index >= 15 is 0 Å². The zero-order valence-electron chi connectivity index (χ0n) is 20.4. The topological polar surface area (TPSA) is 78.8 Å². The number of nitrogens with one attached hydrogen (secondary N) is 1. The van der Waals surface area contributed by atoms with Gasteiger partial charge in [-0.2, -0.15) is 5.10 Å². The molecule has 0 saturated carbocycles. The monoisotopic (exact) mass is 519 g/mol. The molecule has 0 atom stereocenters. The van der Waals surface area contributed by atoms with Crippen LogP contribution in [0, 0.1) is 0 Å². The minimum atomic E-state index is -3.98. The average molecular weight is 520 g/mol. The fourth-order valence-electron chi connectivity index (χ4n) is 4.24. The van der Waals surface area contributed by atoms with Crippen LogP contribution in [0.2, 0.25) is 0 Å². The highest BCUT2D eigenvalue weighted by Gasteiger charge is 2.28. The lowest BCUT2D eigenvalue weighted by molar-refractivity contribution is 0.0955. The van der Waals surface area contributed by atoms with Crippen molar-refractivity contribution in [3.8, 4) is 0 Å². The Morgan fingerprint density at radius 1 is 0.737 bits per heavy atom. The van der Waals surface area contributed by atoms with Gasteiger partial charge < -0.3 is 0 Å². The zero-order valence-corrected chi connectivity index (χ0v) is 21.3. The van der Waals surface area contributed by atoms with E-state index in [1.807, 2.05) is 72.8 Å². The minimum absolute atomic E-state index is 0.0572.